The first-order chi connectivity index (χ1) is 9.78. The summed E-state index contributed by atoms with van der Waals surface area (Å²) in [5.74, 6) is 0.588. The van der Waals surface area contributed by atoms with Gasteiger partial charge >= 0.3 is 0 Å². The molecule has 1 saturated carbocycles. The third-order valence-corrected chi connectivity index (χ3v) is 4.61. The van der Waals surface area contributed by atoms with Crippen molar-refractivity contribution < 1.29 is 4.79 Å². The van der Waals surface area contributed by atoms with Crippen molar-refractivity contribution in [2.75, 3.05) is 23.7 Å². The highest BCUT2D eigenvalue weighted by Gasteiger charge is 2.31. The van der Waals surface area contributed by atoms with E-state index in [1.807, 2.05) is 6.07 Å². The maximum Gasteiger partial charge on any atom is 0.227 e. The quantitative estimate of drug-likeness (QED) is 0.792. The molecular weight excluding hydrogens is 250 g/mol. The van der Waals surface area contributed by atoms with E-state index in [1.54, 1.807) is 0 Å². The largest absolute Gasteiger partial charge is 0.385 e. The molecule has 1 fully saturated rings. The van der Waals surface area contributed by atoms with E-state index in [4.69, 9.17) is 5.73 Å². The van der Waals surface area contributed by atoms with Gasteiger partial charge in [-0.2, -0.15) is 0 Å². The Balaban J connectivity index is 1.69. The number of hydrogen-bond donors (Lipinski definition) is 3. The van der Waals surface area contributed by atoms with E-state index in [2.05, 4.69) is 22.8 Å². The second kappa shape index (κ2) is 5.83. The first kappa shape index (κ1) is 13.4. The summed E-state index contributed by atoms with van der Waals surface area (Å²) in [7, 11) is 0. The average Bonchev–Trinajstić information content (AvgIpc) is 2.95. The average molecular weight is 273 g/mol. The molecule has 20 heavy (non-hydrogen) atoms. The summed E-state index contributed by atoms with van der Waals surface area (Å²) in [6.45, 7) is 1.66. The SMILES string of the molecule is NC[C@H]1CCC[C@H]1C(=O)Nc1ccc2c(c1)CCCN2. The molecule has 4 heteroatoms. The smallest absolute Gasteiger partial charge is 0.227 e. The molecule has 0 bridgehead atoms. The molecule has 0 unspecified atom stereocenters. The summed E-state index contributed by atoms with van der Waals surface area (Å²) in [5, 5.41) is 6.46. The van der Waals surface area contributed by atoms with Crippen LogP contribution in [0.1, 0.15) is 31.2 Å². The van der Waals surface area contributed by atoms with E-state index in [9.17, 15) is 4.79 Å². The fraction of sp³-hybridized carbons (Fsp3) is 0.562. The summed E-state index contributed by atoms with van der Waals surface area (Å²) in [6.07, 6.45) is 5.42. The number of rotatable bonds is 3. The van der Waals surface area contributed by atoms with Crippen molar-refractivity contribution >= 4 is 17.3 Å². The van der Waals surface area contributed by atoms with Crippen LogP contribution in [0.4, 0.5) is 11.4 Å². The number of carbonyl (C=O) groups is 1. The van der Waals surface area contributed by atoms with Crippen LogP contribution in [0, 0.1) is 11.8 Å². The van der Waals surface area contributed by atoms with Gasteiger partial charge in [-0.25, -0.2) is 0 Å². The van der Waals surface area contributed by atoms with Crippen LogP contribution in [0.3, 0.4) is 0 Å². The third-order valence-electron chi connectivity index (χ3n) is 4.61. The van der Waals surface area contributed by atoms with Crippen molar-refractivity contribution in [3.05, 3.63) is 23.8 Å². The van der Waals surface area contributed by atoms with E-state index in [-0.39, 0.29) is 11.8 Å². The fourth-order valence-electron chi connectivity index (χ4n) is 3.45. The normalized spacial score (nSPS) is 24.9. The Morgan fingerprint density at radius 1 is 1.35 bits per heavy atom. The first-order valence-corrected chi connectivity index (χ1v) is 7.65. The molecule has 1 heterocycles. The Bertz CT molecular complexity index is 500. The van der Waals surface area contributed by atoms with Crippen LogP contribution in [-0.4, -0.2) is 19.0 Å². The lowest BCUT2D eigenvalue weighted by atomic mass is 9.95. The van der Waals surface area contributed by atoms with Crippen LogP contribution in [0.2, 0.25) is 0 Å². The van der Waals surface area contributed by atoms with Crippen LogP contribution in [0.5, 0.6) is 0 Å². The number of hydrogen-bond acceptors (Lipinski definition) is 3. The van der Waals surface area contributed by atoms with Crippen molar-refractivity contribution in [3.63, 3.8) is 0 Å². The van der Waals surface area contributed by atoms with Crippen LogP contribution in [0.15, 0.2) is 18.2 Å². The number of fused-ring (bicyclic) bond motifs is 1. The molecule has 3 rings (SSSR count). The minimum Gasteiger partial charge on any atom is -0.385 e. The minimum absolute atomic E-state index is 0.0918. The number of nitrogens with two attached hydrogens (primary N) is 1. The topological polar surface area (TPSA) is 67.2 Å². The van der Waals surface area contributed by atoms with Gasteiger partial charge in [-0.1, -0.05) is 6.42 Å². The number of benzene rings is 1. The van der Waals surface area contributed by atoms with Crippen molar-refractivity contribution in [3.8, 4) is 0 Å². The number of anilines is 2. The molecule has 0 saturated heterocycles. The number of nitrogens with one attached hydrogen (secondary N) is 2. The number of carbonyl (C=O) groups excluding carboxylic acids is 1. The standard InChI is InChI=1S/C16H23N3O/c17-10-12-3-1-5-14(12)16(20)19-13-6-7-15-11(9-13)4-2-8-18-15/h6-7,9,12,14,18H,1-5,8,10,17H2,(H,19,20)/t12-,14-/m1/s1. The van der Waals surface area contributed by atoms with Gasteiger partial charge in [0.2, 0.25) is 5.91 Å². The Hall–Kier alpha value is -1.55. The van der Waals surface area contributed by atoms with Crippen LogP contribution < -0.4 is 16.4 Å². The van der Waals surface area contributed by atoms with Crippen molar-refractivity contribution in [1.29, 1.82) is 0 Å². The van der Waals surface area contributed by atoms with Crippen molar-refractivity contribution in [2.24, 2.45) is 17.6 Å². The molecule has 1 aliphatic heterocycles. The van der Waals surface area contributed by atoms with Gasteiger partial charge in [-0.05, 0) is 61.9 Å². The molecular formula is C16H23N3O. The van der Waals surface area contributed by atoms with Gasteiger partial charge in [-0.3, -0.25) is 4.79 Å². The second-order valence-corrected chi connectivity index (χ2v) is 5.92. The Morgan fingerprint density at radius 3 is 3.10 bits per heavy atom. The molecule has 0 aromatic heterocycles. The van der Waals surface area contributed by atoms with Gasteiger partial charge in [0.15, 0.2) is 0 Å². The predicted octanol–water partition coefficient (Wildman–Crippen LogP) is 2.36. The zero-order chi connectivity index (χ0) is 13.9. The van der Waals surface area contributed by atoms with Gasteiger partial charge in [0, 0.05) is 23.8 Å². The zero-order valence-electron chi connectivity index (χ0n) is 11.8. The van der Waals surface area contributed by atoms with Crippen LogP contribution >= 0.6 is 0 Å². The van der Waals surface area contributed by atoms with E-state index in [0.717, 1.165) is 44.3 Å². The Labute approximate surface area is 120 Å². The maximum atomic E-state index is 12.4. The molecule has 1 amide bonds. The van der Waals surface area contributed by atoms with Gasteiger partial charge in [-0.15, -0.1) is 0 Å². The molecule has 4 N–H and O–H groups in total. The van der Waals surface area contributed by atoms with Crippen LogP contribution in [-0.2, 0) is 11.2 Å². The van der Waals surface area contributed by atoms with Gasteiger partial charge in [0.25, 0.3) is 0 Å². The summed E-state index contributed by atoms with van der Waals surface area (Å²) < 4.78 is 0. The zero-order valence-corrected chi connectivity index (χ0v) is 11.8. The number of amides is 1. The molecule has 2 aliphatic rings. The molecule has 2 atom stereocenters. The maximum absolute atomic E-state index is 12.4. The van der Waals surface area contributed by atoms with Gasteiger partial charge in [0.1, 0.15) is 0 Å². The first-order valence-electron chi connectivity index (χ1n) is 7.65. The highest BCUT2D eigenvalue weighted by Crippen LogP contribution is 2.32. The van der Waals surface area contributed by atoms with Crippen molar-refractivity contribution in [1.82, 2.24) is 0 Å². The fourth-order valence-corrected chi connectivity index (χ4v) is 3.45. The lowest BCUT2D eigenvalue weighted by Gasteiger charge is -2.20. The predicted molar refractivity (Wildman–Crippen MR) is 81.8 cm³/mol. The van der Waals surface area contributed by atoms with E-state index >= 15 is 0 Å². The lowest BCUT2D eigenvalue weighted by Crippen LogP contribution is -2.29. The summed E-state index contributed by atoms with van der Waals surface area (Å²) in [5.41, 5.74) is 9.18. The molecule has 1 aromatic rings. The lowest BCUT2D eigenvalue weighted by molar-refractivity contribution is -0.120. The molecule has 0 radical (unpaired) electrons. The van der Waals surface area contributed by atoms with E-state index in [0.29, 0.717) is 12.5 Å². The highest BCUT2D eigenvalue weighted by molar-refractivity contribution is 5.93. The van der Waals surface area contributed by atoms with E-state index in [1.165, 1.54) is 11.3 Å². The number of aryl methyl sites for hydroxylation is 1. The third kappa shape index (κ3) is 2.66. The molecule has 4 nitrogen and oxygen atoms in total. The van der Waals surface area contributed by atoms with Crippen LogP contribution in [0.25, 0.3) is 0 Å². The minimum atomic E-state index is 0.0918. The van der Waals surface area contributed by atoms with Gasteiger partial charge in [0.05, 0.1) is 0 Å². The molecule has 1 aromatic carbocycles. The summed E-state index contributed by atoms with van der Waals surface area (Å²) in [4.78, 5) is 12.4. The van der Waals surface area contributed by atoms with E-state index < -0.39 is 0 Å². The highest BCUT2D eigenvalue weighted by atomic mass is 16.1. The Kier molecular flexibility index (Phi) is 3.92. The second-order valence-electron chi connectivity index (χ2n) is 5.92. The molecule has 0 spiro atoms. The summed E-state index contributed by atoms with van der Waals surface area (Å²) in [6, 6.07) is 6.16. The monoisotopic (exact) mass is 273 g/mol. The molecule has 1 aliphatic carbocycles. The summed E-state index contributed by atoms with van der Waals surface area (Å²) >= 11 is 0. The molecule has 108 valence electrons. The Morgan fingerprint density at radius 2 is 2.25 bits per heavy atom. The van der Waals surface area contributed by atoms with Crippen molar-refractivity contribution in [2.45, 2.75) is 32.1 Å². The van der Waals surface area contributed by atoms with Gasteiger partial charge < -0.3 is 16.4 Å².